The smallest absolute Gasteiger partial charge is 0.183 e. The molecule has 0 aliphatic rings. The highest BCUT2D eigenvalue weighted by molar-refractivity contribution is 9.13. The van der Waals surface area contributed by atoms with Crippen molar-refractivity contribution < 1.29 is 13.5 Å². The van der Waals surface area contributed by atoms with E-state index in [0.717, 1.165) is 4.47 Å². The second-order valence-electron chi connectivity index (χ2n) is 4.05. The van der Waals surface area contributed by atoms with Crippen molar-refractivity contribution in [3.05, 3.63) is 45.0 Å². The fourth-order valence-electron chi connectivity index (χ4n) is 1.73. The van der Waals surface area contributed by atoms with Gasteiger partial charge in [0.15, 0.2) is 16.2 Å². The number of nitrogens with one attached hydrogen (secondary N) is 1. The van der Waals surface area contributed by atoms with E-state index in [1.165, 1.54) is 13.2 Å². The molecule has 0 saturated carbocycles. The van der Waals surface area contributed by atoms with Gasteiger partial charge in [-0.15, -0.1) is 0 Å². The zero-order valence-electron chi connectivity index (χ0n) is 10.6. The Bertz CT molecular complexity index is 585. The summed E-state index contributed by atoms with van der Waals surface area (Å²) in [6.45, 7) is 0.325. The quantitative estimate of drug-likeness (QED) is 0.784. The lowest BCUT2D eigenvalue weighted by atomic mass is 10.2. The van der Waals surface area contributed by atoms with E-state index < -0.39 is 5.82 Å². The van der Waals surface area contributed by atoms with Crippen molar-refractivity contribution in [2.75, 3.05) is 19.0 Å². The van der Waals surface area contributed by atoms with Crippen LogP contribution in [0.2, 0.25) is 0 Å². The third kappa shape index (κ3) is 3.34. The van der Waals surface area contributed by atoms with E-state index >= 15 is 0 Å². The molecule has 4 nitrogen and oxygen atoms in total. The van der Waals surface area contributed by atoms with Crippen molar-refractivity contribution >= 4 is 37.5 Å². The van der Waals surface area contributed by atoms with Gasteiger partial charge in [0.2, 0.25) is 0 Å². The molecule has 1 aromatic carbocycles. The second kappa shape index (κ2) is 6.60. The Labute approximate surface area is 132 Å². The molecule has 0 aliphatic heterocycles. The maximum absolute atomic E-state index is 13.4. The molecule has 0 aliphatic carbocycles. The first-order valence-corrected chi connectivity index (χ1v) is 7.38. The summed E-state index contributed by atoms with van der Waals surface area (Å²) in [5.41, 5.74) is 6.45. The van der Waals surface area contributed by atoms with Crippen LogP contribution in [0.5, 0.6) is 5.75 Å². The number of hydrogen-bond donors (Lipinski definition) is 2. The highest BCUT2D eigenvalue weighted by atomic mass is 79.9. The van der Waals surface area contributed by atoms with E-state index in [0.29, 0.717) is 22.7 Å². The maximum atomic E-state index is 13.4. The van der Waals surface area contributed by atoms with Crippen LogP contribution in [0.3, 0.4) is 0 Å². The fraction of sp³-hybridized carbons (Fsp3) is 0.231. The number of ether oxygens (including phenoxy) is 1. The average molecular weight is 408 g/mol. The lowest BCUT2D eigenvalue weighted by Gasteiger charge is -2.16. The number of hydrogen-bond acceptors (Lipinski definition) is 4. The molecule has 0 saturated heterocycles. The maximum Gasteiger partial charge on any atom is 0.183 e. The first-order valence-electron chi connectivity index (χ1n) is 5.80. The molecular formula is C13H13Br2FN2O2. The number of rotatable bonds is 5. The molecule has 7 heteroatoms. The van der Waals surface area contributed by atoms with Gasteiger partial charge in [0.1, 0.15) is 5.76 Å². The Morgan fingerprint density at radius 3 is 2.70 bits per heavy atom. The van der Waals surface area contributed by atoms with Crippen LogP contribution in [0, 0.1) is 5.82 Å². The molecule has 2 aromatic rings. The molecule has 1 aromatic heterocycles. The Hall–Kier alpha value is -1.05. The minimum Gasteiger partial charge on any atom is -0.494 e. The van der Waals surface area contributed by atoms with Crippen molar-refractivity contribution in [1.82, 2.24) is 0 Å². The summed E-state index contributed by atoms with van der Waals surface area (Å²) in [6.07, 6.45) is 0. The molecule has 1 unspecified atom stereocenters. The fourth-order valence-corrected chi connectivity index (χ4v) is 2.34. The van der Waals surface area contributed by atoms with E-state index in [9.17, 15) is 4.39 Å². The third-order valence-corrected chi connectivity index (χ3v) is 4.45. The number of methoxy groups -OCH3 is 1. The molecule has 0 fully saturated rings. The number of benzene rings is 1. The summed E-state index contributed by atoms with van der Waals surface area (Å²) in [4.78, 5) is 0. The summed E-state index contributed by atoms with van der Waals surface area (Å²) < 4.78 is 25.3. The molecular weight excluding hydrogens is 395 g/mol. The molecule has 0 radical (unpaired) electrons. The number of furan rings is 1. The van der Waals surface area contributed by atoms with E-state index in [-0.39, 0.29) is 11.8 Å². The Balaban J connectivity index is 2.22. The average Bonchev–Trinajstić information content (AvgIpc) is 2.77. The molecule has 0 amide bonds. The van der Waals surface area contributed by atoms with Crippen LogP contribution in [0.15, 0.2) is 37.8 Å². The predicted octanol–water partition coefficient (Wildman–Crippen LogP) is 4.06. The molecule has 1 atom stereocenters. The van der Waals surface area contributed by atoms with Gasteiger partial charge in [-0.3, -0.25) is 0 Å². The van der Waals surface area contributed by atoms with Gasteiger partial charge in [-0.05, 0) is 50.1 Å². The summed E-state index contributed by atoms with van der Waals surface area (Å²) in [6, 6.07) is 6.13. The van der Waals surface area contributed by atoms with Crippen LogP contribution in [0.25, 0.3) is 0 Å². The molecule has 1 heterocycles. The minimum absolute atomic E-state index is 0.174. The summed E-state index contributed by atoms with van der Waals surface area (Å²) in [5, 5.41) is 3.18. The Morgan fingerprint density at radius 1 is 1.40 bits per heavy atom. The van der Waals surface area contributed by atoms with E-state index in [1.54, 1.807) is 12.1 Å². The van der Waals surface area contributed by atoms with Crippen molar-refractivity contribution in [2.45, 2.75) is 6.04 Å². The Kier molecular flexibility index (Phi) is 5.06. The van der Waals surface area contributed by atoms with Crippen LogP contribution in [-0.2, 0) is 0 Å². The second-order valence-corrected chi connectivity index (χ2v) is 5.63. The summed E-state index contributed by atoms with van der Waals surface area (Å²) >= 11 is 6.63. The molecule has 20 heavy (non-hydrogen) atoms. The number of halogens is 3. The van der Waals surface area contributed by atoms with Gasteiger partial charge in [-0.1, -0.05) is 0 Å². The van der Waals surface area contributed by atoms with Crippen LogP contribution in [0.4, 0.5) is 10.1 Å². The zero-order chi connectivity index (χ0) is 14.7. The SMILES string of the molecule is COc1cc(NC(CN)c2cc(Br)c(Br)o2)ccc1F. The molecule has 108 valence electrons. The lowest BCUT2D eigenvalue weighted by molar-refractivity contribution is 0.386. The van der Waals surface area contributed by atoms with Crippen LogP contribution in [0.1, 0.15) is 11.8 Å². The van der Waals surface area contributed by atoms with E-state index in [2.05, 4.69) is 37.2 Å². The van der Waals surface area contributed by atoms with Gasteiger partial charge >= 0.3 is 0 Å². The highest BCUT2D eigenvalue weighted by Gasteiger charge is 2.17. The molecule has 0 spiro atoms. The first kappa shape index (κ1) is 15.3. The number of nitrogens with two attached hydrogens (primary N) is 1. The zero-order valence-corrected chi connectivity index (χ0v) is 13.8. The standard InChI is InChI=1S/C13H13Br2FN2O2/c1-19-11-4-7(2-3-9(11)16)18-10(6-17)12-5-8(14)13(15)20-12/h2-5,10,18H,6,17H2,1H3. The third-order valence-electron chi connectivity index (χ3n) is 2.74. The van der Waals surface area contributed by atoms with Crippen molar-refractivity contribution in [3.63, 3.8) is 0 Å². The molecule has 2 rings (SSSR count). The topological polar surface area (TPSA) is 60.4 Å². The van der Waals surface area contributed by atoms with E-state index in [1.807, 2.05) is 6.07 Å². The van der Waals surface area contributed by atoms with Gasteiger partial charge < -0.3 is 20.2 Å². The summed E-state index contributed by atoms with van der Waals surface area (Å²) in [5.74, 6) is 0.438. The van der Waals surface area contributed by atoms with E-state index in [4.69, 9.17) is 14.9 Å². The largest absolute Gasteiger partial charge is 0.494 e. The Morgan fingerprint density at radius 2 is 2.15 bits per heavy atom. The van der Waals surface area contributed by atoms with Crippen molar-refractivity contribution in [2.24, 2.45) is 5.73 Å². The van der Waals surface area contributed by atoms with Crippen LogP contribution in [-0.4, -0.2) is 13.7 Å². The van der Waals surface area contributed by atoms with Gasteiger partial charge in [0.05, 0.1) is 17.6 Å². The highest BCUT2D eigenvalue weighted by Crippen LogP contribution is 2.31. The van der Waals surface area contributed by atoms with Crippen molar-refractivity contribution in [3.8, 4) is 5.75 Å². The van der Waals surface area contributed by atoms with Gasteiger partial charge in [0.25, 0.3) is 0 Å². The number of anilines is 1. The summed E-state index contributed by atoms with van der Waals surface area (Å²) in [7, 11) is 1.42. The van der Waals surface area contributed by atoms with Crippen molar-refractivity contribution in [1.29, 1.82) is 0 Å². The minimum atomic E-state index is -0.411. The molecule has 0 bridgehead atoms. The lowest BCUT2D eigenvalue weighted by Crippen LogP contribution is -2.20. The van der Waals surface area contributed by atoms with Crippen LogP contribution < -0.4 is 15.8 Å². The van der Waals surface area contributed by atoms with Gasteiger partial charge in [-0.25, -0.2) is 4.39 Å². The first-order chi connectivity index (χ1) is 9.55. The molecule has 3 N–H and O–H groups in total. The normalized spacial score (nSPS) is 12.2. The monoisotopic (exact) mass is 406 g/mol. The van der Waals surface area contributed by atoms with Gasteiger partial charge in [-0.2, -0.15) is 0 Å². The van der Waals surface area contributed by atoms with Gasteiger partial charge in [0, 0.05) is 18.3 Å². The predicted molar refractivity (Wildman–Crippen MR) is 82.5 cm³/mol. The van der Waals surface area contributed by atoms with Crippen LogP contribution >= 0.6 is 31.9 Å².